The summed E-state index contributed by atoms with van der Waals surface area (Å²) in [5.41, 5.74) is 4.25. The molecule has 0 fully saturated rings. The predicted octanol–water partition coefficient (Wildman–Crippen LogP) is 6.51. The van der Waals surface area contributed by atoms with Gasteiger partial charge in [0.1, 0.15) is 17.4 Å². The zero-order chi connectivity index (χ0) is 24.9. The van der Waals surface area contributed by atoms with Crippen LogP contribution < -0.4 is 10.2 Å². The van der Waals surface area contributed by atoms with Gasteiger partial charge in [-0.2, -0.15) is 14.0 Å². The van der Waals surface area contributed by atoms with E-state index in [1.165, 1.54) is 23.5 Å². The van der Waals surface area contributed by atoms with Crippen molar-refractivity contribution in [2.24, 2.45) is 0 Å². The summed E-state index contributed by atoms with van der Waals surface area (Å²) in [6.45, 7) is 12.5. The number of rotatable bonds is 1. The Balaban J connectivity index is 0. The van der Waals surface area contributed by atoms with Crippen LogP contribution in [0.1, 0.15) is 23.8 Å². The van der Waals surface area contributed by atoms with E-state index in [0.717, 1.165) is 21.8 Å². The van der Waals surface area contributed by atoms with E-state index in [9.17, 15) is 4.79 Å². The molecule has 0 spiro atoms. The first-order chi connectivity index (χ1) is 16.5. The molecule has 37 heavy (non-hydrogen) atoms. The van der Waals surface area contributed by atoms with Crippen LogP contribution in [-0.4, -0.2) is 9.97 Å². The molecule has 3 aromatic heterocycles. The molecular weight excluding hydrogens is 786 g/mol. The summed E-state index contributed by atoms with van der Waals surface area (Å²) in [7, 11) is 3.07. The van der Waals surface area contributed by atoms with Crippen molar-refractivity contribution in [3.8, 4) is 5.75 Å². The van der Waals surface area contributed by atoms with Crippen LogP contribution in [0.3, 0.4) is 0 Å². The van der Waals surface area contributed by atoms with Crippen molar-refractivity contribution in [3.05, 3.63) is 133 Å². The molecule has 0 unspecified atom stereocenters. The maximum atomic E-state index is 10.8. The van der Waals surface area contributed by atoms with Crippen LogP contribution in [0.2, 0.25) is 0 Å². The van der Waals surface area contributed by atoms with Crippen molar-refractivity contribution in [2.75, 3.05) is 0 Å². The van der Waals surface area contributed by atoms with E-state index in [2.05, 4.69) is 85.9 Å². The molecule has 5 nitrogen and oxygen atoms in total. The van der Waals surface area contributed by atoms with Crippen LogP contribution in [0.5, 0.6) is 5.75 Å². The summed E-state index contributed by atoms with van der Waals surface area (Å²) in [4.78, 5) is 19.2. The average Bonchev–Trinajstić information content (AvgIpc) is 2.86. The molecule has 0 saturated carbocycles. The molecule has 2 radical (unpaired) electrons. The van der Waals surface area contributed by atoms with E-state index < -0.39 is 0 Å². The third-order valence-corrected chi connectivity index (χ3v) is 4.37. The predicted molar refractivity (Wildman–Crippen MR) is 137 cm³/mol. The summed E-state index contributed by atoms with van der Waals surface area (Å²) in [6, 6.07) is 23.5. The second-order valence-electron chi connectivity index (χ2n) is 6.94. The minimum absolute atomic E-state index is 0. The Bertz CT molecular complexity index is 1320. The first-order valence-corrected chi connectivity index (χ1v) is 10.5. The van der Waals surface area contributed by atoms with Crippen molar-refractivity contribution < 1.29 is 95.6 Å². The van der Waals surface area contributed by atoms with Gasteiger partial charge in [-0.05, 0) is 30.6 Å². The number of hydrogen-bond donors (Lipinski definition) is 0. The molecule has 0 aliphatic carbocycles. The fourth-order valence-corrected chi connectivity index (χ4v) is 2.77. The molecule has 0 N–H and O–H groups in total. The van der Waals surface area contributed by atoms with Crippen molar-refractivity contribution in [3.63, 3.8) is 0 Å². The number of aryl methyl sites for hydroxylation is 2. The zero-order valence-electron chi connectivity index (χ0n) is 21.2. The molecular formula is C29H27N2O3WY2-5. The van der Waals surface area contributed by atoms with Crippen molar-refractivity contribution >= 4 is 21.8 Å². The smallest absolute Gasteiger partial charge is 0.150 e. The monoisotopic (exact) mass is 813 g/mol. The van der Waals surface area contributed by atoms with Crippen molar-refractivity contribution in [1.29, 1.82) is 0 Å². The topological polar surface area (TPSA) is 65.2 Å². The van der Waals surface area contributed by atoms with Gasteiger partial charge < -0.3 is 30.8 Å². The molecule has 5 rings (SSSR count). The standard InChI is InChI=1S/2C10H8N.C7H6O3.C2H5.W.2Y/c2*1-8-4-5-9-3-2-6-11-10(9)7-8;1-5-3-6(8)7(9-2)4-10-5;1-2;;;/h2*2,4-7H,1H3;3-4H,1-2H2;1H2,2H3;;;/q2*-1;-2;-1;;;. The largest absolute Gasteiger partial charge is 0.662 e. The van der Waals surface area contributed by atoms with Crippen LogP contribution in [0.15, 0.2) is 82.5 Å². The summed E-state index contributed by atoms with van der Waals surface area (Å²) in [5.74, 6) is 0.401. The normalized spacial score (nSPS) is 8.78. The molecule has 5 aromatic rings. The van der Waals surface area contributed by atoms with E-state index in [0.29, 0.717) is 5.76 Å². The van der Waals surface area contributed by atoms with Gasteiger partial charge in [0.2, 0.25) is 0 Å². The van der Waals surface area contributed by atoms with Gasteiger partial charge in [-0.25, -0.2) is 6.92 Å². The van der Waals surface area contributed by atoms with E-state index in [4.69, 9.17) is 4.42 Å². The summed E-state index contributed by atoms with van der Waals surface area (Å²) in [5, 5.41) is 2.16. The Hall–Kier alpha value is -1.22. The second-order valence-corrected chi connectivity index (χ2v) is 6.94. The Morgan fingerprint density at radius 3 is 1.70 bits per heavy atom. The fourth-order valence-electron chi connectivity index (χ4n) is 2.77. The summed E-state index contributed by atoms with van der Waals surface area (Å²) < 4.78 is 9.17. The van der Waals surface area contributed by atoms with Gasteiger partial charge in [-0.1, -0.05) is 35.7 Å². The van der Waals surface area contributed by atoms with E-state index >= 15 is 0 Å². The number of pyridine rings is 2. The van der Waals surface area contributed by atoms with E-state index in [-0.39, 0.29) is 97.7 Å². The molecule has 3 heterocycles. The number of nitrogens with zero attached hydrogens (tertiary/aromatic N) is 2. The summed E-state index contributed by atoms with van der Waals surface area (Å²) in [6.07, 6.45) is 4.71. The maximum absolute atomic E-state index is 10.8. The molecule has 0 saturated heterocycles. The van der Waals surface area contributed by atoms with Gasteiger partial charge in [-0.15, -0.1) is 65.4 Å². The minimum Gasteiger partial charge on any atom is -0.662 e. The number of hydrogen-bond acceptors (Lipinski definition) is 5. The molecule has 8 heteroatoms. The summed E-state index contributed by atoms with van der Waals surface area (Å²) >= 11 is 0. The van der Waals surface area contributed by atoms with Gasteiger partial charge in [0.15, 0.2) is 0 Å². The third-order valence-electron chi connectivity index (χ3n) is 4.37. The van der Waals surface area contributed by atoms with Crippen LogP contribution in [0.25, 0.3) is 21.8 Å². The maximum Gasteiger partial charge on any atom is 0.150 e. The number of ether oxygens (including phenoxy) is 1. The molecule has 0 aliphatic heterocycles. The number of aromatic nitrogens is 2. The fraction of sp³-hybridized carbons (Fsp3) is 0.103. The van der Waals surface area contributed by atoms with Gasteiger partial charge >= 0.3 is 0 Å². The van der Waals surface area contributed by atoms with Gasteiger partial charge in [0, 0.05) is 86.5 Å². The quantitative estimate of drug-likeness (QED) is 0.181. The number of benzene rings is 2. The minimum atomic E-state index is -0.272. The Labute approximate surface area is 284 Å². The van der Waals surface area contributed by atoms with Crippen LogP contribution in [0, 0.1) is 46.9 Å². The molecule has 0 bridgehead atoms. The molecule has 0 atom stereocenters. The van der Waals surface area contributed by atoms with Gasteiger partial charge in [0.05, 0.1) is 0 Å². The van der Waals surface area contributed by atoms with Crippen LogP contribution in [0.4, 0.5) is 0 Å². The van der Waals surface area contributed by atoms with E-state index in [1.807, 2.05) is 24.3 Å². The Morgan fingerprint density at radius 2 is 1.30 bits per heavy atom. The Kier molecular flexibility index (Phi) is 21.2. The van der Waals surface area contributed by atoms with Crippen LogP contribution in [-0.2, 0) is 86.5 Å². The second kappa shape index (κ2) is 20.7. The Morgan fingerprint density at radius 1 is 0.838 bits per heavy atom. The molecule has 0 amide bonds. The molecule has 0 aliphatic rings. The SMILES string of the molecule is Cc1ccc2[c-]ccnc2c1.Cc1ccc2[c-]ccnc2c1.[CH2-]C.[CH2-]Oc1coc([CH2-])cc1=O.[W].[Y].[Y]. The van der Waals surface area contributed by atoms with Crippen molar-refractivity contribution in [1.82, 2.24) is 9.97 Å². The van der Waals surface area contributed by atoms with Crippen LogP contribution >= 0.6 is 0 Å². The van der Waals surface area contributed by atoms with Crippen molar-refractivity contribution in [2.45, 2.75) is 20.8 Å². The van der Waals surface area contributed by atoms with Gasteiger partial charge in [-0.3, -0.25) is 0 Å². The molecule has 188 valence electrons. The van der Waals surface area contributed by atoms with E-state index in [1.54, 1.807) is 19.3 Å². The molecule has 2 aromatic carbocycles. The first kappa shape index (κ1) is 37.9. The average molecular weight is 813 g/mol. The zero-order valence-corrected chi connectivity index (χ0v) is 29.8. The first-order valence-electron chi connectivity index (χ1n) is 10.5. The third kappa shape index (κ3) is 12.9. The number of fused-ring (bicyclic) bond motifs is 2. The van der Waals surface area contributed by atoms with Gasteiger partial charge in [0.25, 0.3) is 0 Å².